The Balaban J connectivity index is 1.55. The van der Waals surface area contributed by atoms with Crippen LogP contribution >= 0.6 is 11.3 Å². The standard InChI is InChI=1S/C28H24F2N6O4S2/c1-35-13-18(12-32-35)20-10-17(5-7-22(20)29)26-21(9-16-4-6-19(11-23(16)30)42(31,39)40)25(8-15-2-3-15)36(34-26)28-33-24(14-41-28)27(37)38/h4-7,10-15H,2-3,8-9H2,1H3,(H,37,38)(H2,31,39,40). The van der Waals surface area contributed by atoms with Gasteiger partial charge in [-0.05, 0) is 61.1 Å². The number of benzene rings is 2. The van der Waals surface area contributed by atoms with E-state index in [0.29, 0.717) is 45.4 Å². The molecule has 2 aromatic carbocycles. The summed E-state index contributed by atoms with van der Waals surface area (Å²) in [5, 5.41) is 25.4. The zero-order chi connectivity index (χ0) is 29.8. The zero-order valence-electron chi connectivity index (χ0n) is 22.2. The van der Waals surface area contributed by atoms with Crippen molar-refractivity contribution in [1.29, 1.82) is 0 Å². The molecule has 10 nitrogen and oxygen atoms in total. The van der Waals surface area contributed by atoms with Crippen LogP contribution in [0.3, 0.4) is 0 Å². The predicted molar refractivity (Wildman–Crippen MR) is 151 cm³/mol. The Morgan fingerprint density at radius 3 is 2.55 bits per heavy atom. The summed E-state index contributed by atoms with van der Waals surface area (Å²) in [4.78, 5) is 15.5. The minimum absolute atomic E-state index is 0.0326. The third-order valence-electron chi connectivity index (χ3n) is 7.14. The monoisotopic (exact) mass is 610 g/mol. The molecule has 42 heavy (non-hydrogen) atoms. The smallest absolute Gasteiger partial charge is 0.355 e. The first-order chi connectivity index (χ1) is 20.0. The van der Waals surface area contributed by atoms with E-state index in [0.717, 1.165) is 35.9 Å². The maximum Gasteiger partial charge on any atom is 0.355 e. The summed E-state index contributed by atoms with van der Waals surface area (Å²) in [6.45, 7) is 0. The third kappa shape index (κ3) is 5.47. The minimum atomic E-state index is -4.11. The Morgan fingerprint density at radius 2 is 1.93 bits per heavy atom. The topological polar surface area (TPSA) is 146 Å². The number of aryl methyl sites for hydroxylation is 1. The highest BCUT2D eigenvalue weighted by atomic mass is 32.2. The van der Waals surface area contributed by atoms with E-state index >= 15 is 4.39 Å². The fourth-order valence-electron chi connectivity index (χ4n) is 4.82. The maximum absolute atomic E-state index is 15.3. The Hall–Kier alpha value is -4.27. The van der Waals surface area contributed by atoms with E-state index in [2.05, 4.69) is 10.1 Å². The molecule has 0 saturated heterocycles. The van der Waals surface area contributed by atoms with Crippen LogP contribution in [0.25, 0.3) is 27.5 Å². The van der Waals surface area contributed by atoms with Crippen LogP contribution in [0.2, 0.25) is 0 Å². The van der Waals surface area contributed by atoms with Crippen molar-refractivity contribution in [3.8, 4) is 27.5 Å². The van der Waals surface area contributed by atoms with Gasteiger partial charge in [0.1, 0.15) is 11.6 Å². The van der Waals surface area contributed by atoms with Crippen molar-refractivity contribution >= 4 is 27.3 Å². The molecular formula is C28H24F2N6O4S2. The lowest BCUT2D eigenvalue weighted by atomic mass is 9.95. The number of carboxylic acids is 1. The summed E-state index contributed by atoms with van der Waals surface area (Å²) in [7, 11) is -2.38. The number of nitrogens with zero attached hydrogens (tertiary/aromatic N) is 5. The molecule has 216 valence electrons. The first-order valence-corrected chi connectivity index (χ1v) is 15.3. The van der Waals surface area contributed by atoms with E-state index in [4.69, 9.17) is 10.2 Å². The van der Waals surface area contributed by atoms with Gasteiger partial charge in [-0.25, -0.2) is 36.8 Å². The minimum Gasteiger partial charge on any atom is -0.476 e. The van der Waals surface area contributed by atoms with Gasteiger partial charge in [-0.1, -0.05) is 6.07 Å². The van der Waals surface area contributed by atoms with Gasteiger partial charge in [-0.3, -0.25) is 4.68 Å². The number of halogens is 2. The molecule has 14 heteroatoms. The molecule has 0 amide bonds. The summed E-state index contributed by atoms with van der Waals surface area (Å²) in [5.41, 5.74) is 3.30. The fourth-order valence-corrected chi connectivity index (χ4v) is 6.12. The second kappa shape index (κ2) is 10.5. The number of carbonyl (C=O) groups is 1. The number of carboxylic acid groups (broad SMARTS) is 1. The molecule has 3 aromatic heterocycles. The lowest BCUT2D eigenvalue weighted by Gasteiger charge is -2.11. The highest BCUT2D eigenvalue weighted by molar-refractivity contribution is 7.89. The Labute approximate surface area is 243 Å². The molecule has 1 saturated carbocycles. The first kappa shape index (κ1) is 27.9. The van der Waals surface area contributed by atoms with Crippen molar-refractivity contribution in [2.75, 3.05) is 0 Å². The number of hydrogen-bond acceptors (Lipinski definition) is 7. The number of sulfonamides is 1. The number of aromatic nitrogens is 5. The van der Waals surface area contributed by atoms with Crippen molar-refractivity contribution < 1.29 is 27.1 Å². The van der Waals surface area contributed by atoms with Crippen molar-refractivity contribution in [2.24, 2.45) is 18.1 Å². The number of hydrogen-bond donors (Lipinski definition) is 2. The lowest BCUT2D eigenvalue weighted by molar-refractivity contribution is 0.0691. The number of aromatic carboxylic acids is 1. The van der Waals surface area contributed by atoms with Crippen molar-refractivity contribution in [1.82, 2.24) is 24.5 Å². The van der Waals surface area contributed by atoms with Gasteiger partial charge in [0.2, 0.25) is 15.2 Å². The summed E-state index contributed by atoms with van der Waals surface area (Å²) in [5.74, 6) is -2.03. The predicted octanol–water partition coefficient (Wildman–Crippen LogP) is 4.56. The van der Waals surface area contributed by atoms with Gasteiger partial charge in [0, 0.05) is 47.3 Å². The van der Waals surface area contributed by atoms with E-state index in [1.165, 1.54) is 23.6 Å². The maximum atomic E-state index is 15.3. The molecule has 6 rings (SSSR count). The molecule has 0 spiro atoms. The number of rotatable bonds is 9. The zero-order valence-corrected chi connectivity index (χ0v) is 23.8. The number of thiazole rings is 1. The highest BCUT2D eigenvalue weighted by Crippen LogP contribution is 2.39. The molecule has 0 radical (unpaired) electrons. The molecule has 3 N–H and O–H groups in total. The van der Waals surface area contributed by atoms with Gasteiger partial charge in [-0.2, -0.15) is 10.2 Å². The van der Waals surface area contributed by atoms with E-state index in [9.17, 15) is 22.7 Å². The second-order valence-corrected chi connectivity index (χ2v) is 12.6. The summed E-state index contributed by atoms with van der Waals surface area (Å²) >= 11 is 1.11. The molecule has 1 fully saturated rings. The van der Waals surface area contributed by atoms with Gasteiger partial charge in [0.15, 0.2) is 5.69 Å². The first-order valence-electron chi connectivity index (χ1n) is 12.9. The number of primary sulfonamides is 1. The van der Waals surface area contributed by atoms with Crippen LogP contribution in [0.4, 0.5) is 8.78 Å². The van der Waals surface area contributed by atoms with Crippen LogP contribution in [-0.2, 0) is 29.9 Å². The lowest BCUT2D eigenvalue weighted by Crippen LogP contribution is -2.13. The van der Waals surface area contributed by atoms with Crippen LogP contribution < -0.4 is 5.14 Å². The largest absolute Gasteiger partial charge is 0.476 e. The summed E-state index contributed by atoms with van der Waals surface area (Å²) in [6, 6.07) is 8.05. The molecule has 0 bridgehead atoms. The van der Waals surface area contributed by atoms with Crippen molar-refractivity contribution in [3.63, 3.8) is 0 Å². The average molecular weight is 611 g/mol. The van der Waals surface area contributed by atoms with Crippen LogP contribution in [0.5, 0.6) is 0 Å². The summed E-state index contributed by atoms with van der Waals surface area (Å²) in [6.07, 6.45) is 5.84. The molecule has 1 aliphatic carbocycles. The third-order valence-corrected chi connectivity index (χ3v) is 8.86. The van der Waals surface area contributed by atoms with Crippen LogP contribution in [0.1, 0.15) is 40.2 Å². The van der Waals surface area contributed by atoms with E-state index in [1.807, 2.05) is 0 Å². The van der Waals surface area contributed by atoms with E-state index in [-0.39, 0.29) is 22.6 Å². The Morgan fingerprint density at radius 1 is 1.14 bits per heavy atom. The molecule has 1 aliphatic rings. The molecule has 0 aliphatic heterocycles. The Bertz CT molecular complexity index is 1960. The van der Waals surface area contributed by atoms with Gasteiger partial charge >= 0.3 is 5.97 Å². The second-order valence-electron chi connectivity index (χ2n) is 10.2. The molecule has 3 heterocycles. The summed E-state index contributed by atoms with van der Waals surface area (Å²) < 4.78 is 57.0. The molecule has 5 aromatic rings. The van der Waals surface area contributed by atoms with Gasteiger partial charge < -0.3 is 5.11 Å². The highest BCUT2D eigenvalue weighted by Gasteiger charge is 2.30. The van der Waals surface area contributed by atoms with Crippen molar-refractivity contribution in [2.45, 2.75) is 30.6 Å². The quantitative estimate of drug-likeness (QED) is 0.249. The fraction of sp³-hybridized carbons (Fsp3) is 0.214. The normalized spacial score (nSPS) is 13.5. The average Bonchev–Trinajstić information content (AvgIpc) is 3.28. The molecular weight excluding hydrogens is 586 g/mol. The number of nitrogens with two attached hydrogens (primary N) is 1. The van der Waals surface area contributed by atoms with Crippen molar-refractivity contribution in [3.05, 3.63) is 88.3 Å². The van der Waals surface area contributed by atoms with E-state index in [1.54, 1.807) is 40.9 Å². The van der Waals surface area contributed by atoms with Crippen LogP contribution in [0, 0.1) is 17.6 Å². The molecule has 0 atom stereocenters. The van der Waals surface area contributed by atoms with Gasteiger partial charge in [0.25, 0.3) is 0 Å². The van der Waals surface area contributed by atoms with Gasteiger partial charge in [0.05, 0.1) is 22.5 Å². The van der Waals surface area contributed by atoms with E-state index < -0.39 is 27.6 Å². The molecule has 0 unspecified atom stereocenters. The van der Waals surface area contributed by atoms with Crippen LogP contribution in [-0.4, -0.2) is 44.0 Å². The SMILES string of the molecule is Cn1cc(-c2cc(-c3nn(-c4nc(C(=O)O)cs4)c(CC4CC4)c3Cc3ccc(S(N)(=O)=O)cc3F)ccc2F)cn1. The van der Waals surface area contributed by atoms with Gasteiger partial charge in [-0.15, -0.1) is 11.3 Å². The van der Waals surface area contributed by atoms with Crippen LogP contribution in [0.15, 0.2) is 59.1 Å². The Kier molecular flexibility index (Phi) is 6.99.